The molecular formula is C20H18BrFN4O4S. The highest BCUT2D eigenvalue weighted by molar-refractivity contribution is 9.10. The molecule has 0 radical (unpaired) electrons. The molecule has 11 heteroatoms. The van der Waals surface area contributed by atoms with Crippen molar-refractivity contribution in [1.29, 1.82) is 5.26 Å². The summed E-state index contributed by atoms with van der Waals surface area (Å²) in [6.07, 6.45) is 0. The number of aromatic nitrogens is 2. The van der Waals surface area contributed by atoms with Gasteiger partial charge in [0.05, 0.1) is 10.5 Å². The van der Waals surface area contributed by atoms with E-state index in [9.17, 15) is 22.9 Å². The maximum absolute atomic E-state index is 14.7. The number of H-pyrrole nitrogens is 1. The van der Waals surface area contributed by atoms with Crippen LogP contribution in [0.4, 0.5) is 4.39 Å². The summed E-state index contributed by atoms with van der Waals surface area (Å²) in [4.78, 5) is 11.3. The third-order valence-corrected chi connectivity index (χ3v) is 7.03. The van der Waals surface area contributed by atoms with Crippen molar-refractivity contribution < 1.29 is 17.2 Å². The fourth-order valence-electron chi connectivity index (χ4n) is 3.33. The fourth-order valence-corrected chi connectivity index (χ4v) is 5.09. The predicted octanol–water partition coefficient (Wildman–Crippen LogP) is 3.58. The summed E-state index contributed by atoms with van der Waals surface area (Å²) in [5.74, 6) is -2.47. The quantitative estimate of drug-likeness (QED) is 0.523. The third kappa shape index (κ3) is 4.61. The van der Waals surface area contributed by atoms with Crippen molar-refractivity contribution in [2.24, 2.45) is 0 Å². The van der Waals surface area contributed by atoms with E-state index in [0.29, 0.717) is 10.0 Å². The number of sulfonamides is 1. The van der Waals surface area contributed by atoms with Gasteiger partial charge in [-0.3, -0.25) is 0 Å². The Hall–Kier alpha value is -2.81. The van der Waals surface area contributed by atoms with Crippen molar-refractivity contribution in [2.45, 2.75) is 37.6 Å². The van der Waals surface area contributed by atoms with Gasteiger partial charge in [-0.05, 0) is 54.8 Å². The maximum Gasteiger partial charge on any atom is 0.434 e. The summed E-state index contributed by atoms with van der Waals surface area (Å²) in [7, 11) is -4.28. The molecule has 2 aromatic carbocycles. The Kier molecular flexibility index (Phi) is 6.45. The second-order valence-electron chi connectivity index (χ2n) is 6.99. The molecule has 0 saturated heterocycles. The lowest BCUT2D eigenvalue weighted by Crippen LogP contribution is -2.33. The molecule has 1 heterocycles. The predicted molar refractivity (Wildman–Crippen MR) is 113 cm³/mol. The number of hydrogen-bond donors (Lipinski definition) is 2. The van der Waals surface area contributed by atoms with Crippen LogP contribution in [0.1, 0.15) is 47.0 Å². The van der Waals surface area contributed by atoms with Gasteiger partial charge in [-0.1, -0.05) is 28.9 Å². The van der Waals surface area contributed by atoms with E-state index in [1.807, 2.05) is 6.07 Å². The first-order valence-electron chi connectivity index (χ1n) is 9.08. The Balaban J connectivity index is 2.13. The van der Waals surface area contributed by atoms with Crippen molar-refractivity contribution in [3.63, 3.8) is 0 Å². The number of nitriles is 1. The van der Waals surface area contributed by atoms with Crippen molar-refractivity contribution in [3.8, 4) is 6.07 Å². The molecule has 0 unspecified atom stereocenters. The van der Waals surface area contributed by atoms with Crippen LogP contribution < -0.4 is 10.5 Å². The zero-order chi connectivity index (χ0) is 22.9. The summed E-state index contributed by atoms with van der Waals surface area (Å²) in [5, 5.41) is 15.2. The molecule has 3 rings (SSSR count). The Morgan fingerprint density at radius 1 is 1.29 bits per heavy atom. The third-order valence-electron chi connectivity index (χ3n) is 5.04. The molecule has 162 valence electrons. The largest absolute Gasteiger partial charge is 0.434 e. The second-order valence-corrected chi connectivity index (χ2v) is 9.59. The van der Waals surface area contributed by atoms with E-state index >= 15 is 0 Å². The molecule has 0 aliphatic heterocycles. The van der Waals surface area contributed by atoms with Crippen molar-refractivity contribution in [2.75, 3.05) is 0 Å². The molecule has 0 aliphatic rings. The minimum atomic E-state index is -4.28. The molecule has 2 N–H and O–H groups in total. The summed E-state index contributed by atoms with van der Waals surface area (Å²) in [5.41, 5.74) is 1.62. The molecule has 0 fully saturated rings. The normalized spacial score (nSPS) is 13.5. The van der Waals surface area contributed by atoms with Crippen LogP contribution in [0.25, 0.3) is 0 Å². The lowest BCUT2D eigenvalue weighted by molar-refractivity contribution is 0.376. The van der Waals surface area contributed by atoms with Gasteiger partial charge in [0.25, 0.3) is 0 Å². The number of benzene rings is 2. The van der Waals surface area contributed by atoms with E-state index in [4.69, 9.17) is 4.42 Å². The lowest BCUT2D eigenvalue weighted by Gasteiger charge is -2.25. The molecule has 0 spiro atoms. The van der Waals surface area contributed by atoms with Crippen molar-refractivity contribution in [1.82, 2.24) is 14.9 Å². The number of hydrogen-bond acceptors (Lipinski definition) is 6. The molecule has 31 heavy (non-hydrogen) atoms. The van der Waals surface area contributed by atoms with Crippen LogP contribution in [0, 0.1) is 31.0 Å². The monoisotopic (exact) mass is 508 g/mol. The van der Waals surface area contributed by atoms with Crippen LogP contribution in [-0.4, -0.2) is 18.6 Å². The van der Waals surface area contributed by atoms with Gasteiger partial charge in [0, 0.05) is 10.4 Å². The number of nitrogens with one attached hydrogen (secondary N) is 2. The Morgan fingerprint density at radius 3 is 2.61 bits per heavy atom. The van der Waals surface area contributed by atoms with Crippen LogP contribution in [0.15, 0.2) is 48.9 Å². The van der Waals surface area contributed by atoms with Gasteiger partial charge in [-0.2, -0.15) is 9.98 Å². The molecule has 3 aromatic rings. The highest BCUT2D eigenvalue weighted by atomic mass is 79.9. The van der Waals surface area contributed by atoms with Gasteiger partial charge < -0.3 is 4.42 Å². The van der Waals surface area contributed by atoms with Gasteiger partial charge in [-0.25, -0.2) is 22.7 Å². The second kappa shape index (κ2) is 8.74. The average molecular weight is 509 g/mol. The molecular weight excluding hydrogens is 491 g/mol. The number of aromatic amines is 1. The smallest absolute Gasteiger partial charge is 0.391 e. The van der Waals surface area contributed by atoms with E-state index < -0.39 is 33.6 Å². The Bertz CT molecular complexity index is 1340. The molecule has 8 nitrogen and oxygen atoms in total. The topological polar surface area (TPSA) is 129 Å². The molecule has 2 atom stereocenters. The highest BCUT2D eigenvalue weighted by Gasteiger charge is 2.34. The minimum absolute atomic E-state index is 0.0883. The van der Waals surface area contributed by atoms with Crippen molar-refractivity contribution >= 4 is 26.0 Å². The minimum Gasteiger partial charge on any atom is -0.391 e. The number of aryl methyl sites for hydroxylation is 1. The summed E-state index contributed by atoms with van der Waals surface area (Å²) in [6.45, 7) is 5.12. The van der Waals surface area contributed by atoms with Crippen LogP contribution in [0.2, 0.25) is 0 Å². The van der Waals surface area contributed by atoms with E-state index in [2.05, 4.69) is 30.8 Å². The van der Waals surface area contributed by atoms with Gasteiger partial charge in [0.15, 0.2) is 0 Å². The van der Waals surface area contributed by atoms with Crippen molar-refractivity contribution in [3.05, 3.63) is 79.3 Å². The van der Waals surface area contributed by atoms with Crippen LogP contribution in [0.3, 0.4) is 0 Å². The molecule has 0 saturated carbocycles. The summed E-state index contributed by atoms with van der Waals surface area (Å²) < 4.78 is 49.0. The zero-order valence-electron chi connectivity index (χ0n) is 16.7. The zero-order valence-corrected chi connectivity index (χ0v) is 19.1. The van der Waals surface area contributed by atoms with E-state index in [1.165, 1.54) is 24.3 Å². The first-order chi connectivity index (χ1) is 14.5. The Labute approximate surface area is 186 Å². The summed E-state index contributed by atoms with van der Waals surface area (Å²) in [6, 6.07) is 7.65. The van der Waals surface area contributed by atoms with E-state index in [0.717, 1.165) is 5.56 Å². The number of nitrogens with zero attached hydrogens (tertiary/aromatic N) is 2. The number of rotatable bonds is 6. The van der Waals surface area contributed by atoms with Crippen LogP contribution >= 0.6 is 15.9 Å². The highest BCUT2D eigenvalue weighted by Crippen LogP contribution is 2.35. The summed E-state index contributed by atoms with van der Waals surface area (Å²) >= 11 is 3.20. The van der Waals surface area contributed by atoms with Crippen LogP contribution in [-0.2, 0) is 10.0 Å². The maximum atomic E-state index is 14.7. The lowest BCUT2D eigenvalue weighted by atomic mass is 9.88. The standard InChI is InChI=1S/C20H18BrFN4O4S/c1-10-4-6-15(22)17(11(10)2)12(3)18(19-24-25-20(27)30-19)26-31(28,29)16-7-5-14(21)8-13(16)9-23/h4-8,12,18,26H,1-3H3,(H,25,27)/t12-,18+/m1/s1. The fraction of sp³-hybridized carbons (Fsp3) is 0.250. The molecule has 0 amide bonds. The molecule has 1 aromatic heterocycles. The molecule has 0 bridgehead atoms. The van der Waals surface area contributed by atoms with E-state index in [-0.39, 0.29) is 21.9 Å². The SMILES string of the molecule is Cc1ccc(F)c([C@@H](C)[C@H](NS(=O)(=O)c2ccc(Br)cc2C#N)c2n[nH]c(=O)o2)c1C. The van der Waals surface area contributed by atoms with Gasteiger partial charge >= 0.3 is 5.76 Å². The first-order valence-corrected chi connectivity index (χ1v) is 11.4. The van der Waals surface area contributed by atoms with Gasteiger partial charge in [-0.15, -0.1) is 5.10 Å². The van der Waals surface area contributed by atoms with Gasteiger partial charge in [0.2, 0.25) is 15.9 Å². The Morgan fingerprint density at radius 2 is 2.00 bits per heavy atom. The van der Waals surface area contributed by atoms with Crippen LogP contribution in [0.5, 0.6) is 0 Å². The van der Waals surface area contributed by atoms with E-state index in [1.54, 1.807) is 26.8 Å². The first kappa shape index (κ1) is 22.9. The average Bonchev–Trinajstić information content (AvgIpc) is 3.14. The molecule has 0 aliphatic carbocycles. The number of halogens is 2. The van der Waals surface area contributed by atoms with Gasteiger partial charge in [0.1, 0.15) is 17.9 Å².